The van der Waals surface area contributed by atoms with Crippen molar-refractivity contribution in [3.05, 3.63) is 23.8 Å². The van der Waals surface area contributed by atoms with Crippen molar-refractivity contribution in [2.24, 2.45) is 0 Å². The second-order valence-corrected chi connectivity index (χ2v) is 5.04. The van der Waals surface area contributed by atoms with Crippen LogP contribution in [0.4, 0.5) is 29.3 Å². The molecule has 1 fully saturated rings. The third-order valence-electron chi connectivity index (χ3n) is 3.05. The number of benzene rings is 1. The molecular weight excluding hydrogens is 291 g/mol. The molecule has 1 aromatic carbocycles. The van der Waals surface area contributed by atoms with E-state index in [1.807, 2.05) is 0 Å². The van der Waals surface area contributed by atoms with Crippen molar-refractivity contribution in [3.8, 4) is 0 Å². The van der Waals surface area contributed by atoms with Gasteiger partial charge in [0.1, 0.15) is 5.54 Å². The Labute approximate surface area is 117 Å². The van der Waals surface area contributed by atoms with Crippen LogP contribution in [-0.4, -0.2) is 22.7 Å². The summed E-state index contributed by atoms with van der Waals surface area (Å²) in [6, 6.07) is 1.89. The second kappa shape index (κ2) is 4.62. The maximum atomic E-state index is 12.9. The van der Waals surface area contributed by atoms with E-state index in [4.69, 9.17) is 5.21 Å². The fourth-order valence-corrected chi connectivity index (χ4v) is 1.99. The standard InChI is InChI=1S/C12H12F3N3O3/c1-11(2)9(19)18(10(20)16-11)6-3-4-8(17-21)7(5-6)12(13,14)15/h3-5,17,21H,1-2H3,(H,16,20). The van der Waals surface area contributed by atoms with Gasteiger partial charge in [-0.2, -0.15) is 13.2 Å². The van der Waals surface area contributed by atoms with Crippen LogP contribution in [0.3, 0.4) is 0 Å². The van der Waals surface area contributed by atoms with Crippen molar-refractivity contribution >= 4 is 23.3 Å². The van der Waals surface area contributed by atoms with Crippen LogP contribution in [0.1, 0.15) is 19.4 Å². The van der Waals surface area contributed by atoms with Gasteiger partial charge in [0.15, 0.2) is 0 Å². The molecule has 1 aromatic rings. The van der Waals surface area contributed by atoms with Crippen molar-refractivity contribution < 1.29 is 28.0 Å². The molecule has 1 heterocycles. The number of rotatable bonds is 2. The van der Waals surface area contributed by atoms with Crippen LogP contribution < -0.4 is 15.7 Å². The van der Waals surface area contributed by atoms with Crippen LogP contribution in [0.15, 0.2) is 18.2 Å². The molecule has 1 aliphatic rings. The Morgan fingerprint density at radius 3 is 2.33 bits per heavy atom. The second-order valence-electron chi connectivity index (χ2n) is 5.04. The SMILES string of the molecule is CC1(C)NC(=O)N(c2ccc(NO)c(C(F)(F)F)c2)C1=O. The van der Waals surface area contributed by atoms with Gasteiger partial charge in [-0.05, 0) is 32.0 Å². The lowest BCUT2D eigenvalue weighted by Gasteiger charge is -2.18. The lowest BCUT2D eigenvalue weighted by molar-refractivity contribution is -0.137. The molecule has 6 nitrogen and oxygen atoms in total. The summed E-state index contributed by atoms with van der Waals surface area (Å²) >= 11 is 0. The van der Waals surface area contributed by atoms with E-state index in [9.17, 15) is 22.8 Å². The van der Waals surface area contributed by atoms with Crippen LogP contribution in [-0.2, 0) is 11.0 Å². The minimum absolute atomic E-state index is 0.227. The van der Waals surface area contributed by atoms with E-state index >= 15 is 0 Å². The molecule has 0 aliphatic carbocycles. The number of nitrogens with zero attached hydrogens (tertiary/aromatic N) is 1. The van der Waals surface area contributed by atoms with Gasteiger partial charge in [0.2, 0.25) is 0 Å². The number of urea groups is 1. The molecule has 0 unspecified atom stereocenters. The smallest absolute Gasteiger partial charge is 0.323 e. The largest absolute Gasteiger partial charge is 0.418 e. The number of nitrogens with one attached hydrogen (secondary N) is 2. The molecule has 0 aromatic heterocycles. The van der Waals surface area contributed by atoms with Crippen molar-refractivity contribution in [1.82, 2.24) is 5.32 Å². The summed E-state index contributed by atoms with van der Waals surface area (Å²) in [5, 5.41) is 11.1. The number of carbonyl (C=O) groups excluding carboxylic acids is 2. The topological polar surface area (TPSA) is 81.7 Å². The van der Waals surface area contributed by atoms with Crippen LogP contribution >= 0.6 is 0 Å². The third kappa shape index (κ3) is 2.51. The van der Waals surface area contributed by atoms with Gasteiger partial charge < -0.3 is 5.32 Å². The lowest BCUT2D eigenvalue weighted by atomic mass is 10.1. The zero-order valence-corrected chi connectivity index (χ0v) is 11.1. The van der Waals surface area contributed by atoms with Gasteiger partial charge in [-0.15, -0.1) is 0 Å². The van der Waals surface area contributed by atoms with E-state index in [0.717, 1.165) is 12.1 Å². The van der Waals surface area contributed by atoms with Crippen LogP contribution in [0, 0.1) is 0 Å². The lowest BCUT2D eigenvalue weighted by Crippen LogP contribution is -2.40. The molecule has 0 radical (unpaired) electrons. The number of hydrogen-bond acceptors (Lipinski definition) is 4. The van der Waals surface area contributed by atoms with Gasteiger partial charge in [-0.25, -0.2) is 9.69 Å². The molecule has 0 bridgehead atoms. The zero-order chi connectivity index (χ0) is 16.0. The fourth-order valence-electron chi connectivity index (χ4n) is 1.99. The van der Waals surface area contributed by atoms with Crippen LogP contribution in [0.25, 0.3) is 0 Å². The fraction of sp³-hybridized carbons (Fsp3) is 0.333. The molecule has 9 heteroatoms. The predicted molar refractivity (Wildman–Crippen MR) is 66.9 cm³/mol. The molecule has 0 atom stereocenters. The number of carbonyl (C=O) groups is 2. The Morgan fingerprint density at radius 1 is 1.29 bits per heavy atom. The van der Waals surface area contributed by atoms with E-state index < -0.39 is 34.9 Å². The highest BCUT2D eigenvalue weighted by molar-refractivity contribution is 6.23. The summed E-state index contributed by atoms with van der Waals surface area (Å²) in [6.45, 7) is 2.89. The molecule has 1 saturated heterocycles. The summed E-state index contributed by atoms with van der Waals surface area (Å²) in [6.07, 6.45) is -4.75. The Bertz CT molecular complexity index is 614. The number of anilines is 2. The number of halogens is 3. The molecule has 2 rings (SSSR count). The summed E-state index contributed by atoms with van der Waals surface area (Å²) in [5.74, 6) is -0.662. The van der Waals surface area contributed by atoms with Gasteiger partial charge in [0.25, 0.3) is 5.91 Å². The Hall–Kier alpha value is -2.29. The average Bonchev–Trinajstić information content (AvgIpc) is 2.56. The van der Waals surface area contributed by atoms with Crippen molar-refractivity contribution in [3.63, 3.8) is 0 Å². The van der Waals surface area contributed by atoms with Gasteiger partial charge in [-0.3, -0.25) is 15.5 Å². The maximum Gasteiger partial charge on any atom is 0.418 e. The normalized spacial score (nSPS) is 17.9. The predicted octanol–water partition coefficient (Wildman–Crippen LogP) is 2.34. The molecule has 1 aliphatic heterocycles. The van der Waals surface area contributed by atoms with E-state index in [-0.39, 0.29) is 5.69 Å². The molecule has 3 N–H and O–H groups in total. The summed E-state index contributed by atoms with van der Waals surface area (Å²) in [7, 11) is 0. The first-order valence-electron chi connectivity index (χ1n) is 5.86. The number of amides is 3. The van der Waals surface area contributed by atoms with Gasteiger partial charge in [0, 0.05) is 0 Å². The minimum Gasteiger partial charge on any atom is -0.323 e. The first-order valence-corrected chi connectivity index (χ1v) is 5.86. The number of alkyl halides is 3. The van der Waals surface area contributed by atoms with Crippen molar-refractivity contribution in [1.29, 1.82) is 0 Å². The minimum atomic E-state index is -4.75. The highest BCUT2D eigenvalue weighted by Gasteiger charge is 2.45. The summed E-state index contributed by atoms with van der Waals surface area (Å²) in [5.41, 5.74) is -1.74. The molecule has 114 valence electrons. The van der Waals surface area contributed by atoms with Gasteiger partial charge in [0.05, 0.1) is 16.9 Å². The highest BCUT2D eigenvalue weighted by atomic mass is 19.4. The Kier molecular flexibility index (Phi) is 3.32. The maximum absolute atomic E-state index is 12.9. The molecule has 0 spiro atoms. The monoisotopic (exact) mass is 303 g/mol. The summed E-state index contributed by atoms with van der Waals surface area (Å²) in [4.78, 5) is 24.4. The molecule has 21 heavy (non-hydrogen) atoms. The van der Waals surface area contributed by atoms with Crippen LogP contribution in [0.2, 0.25) is 0 Å². The van der Waals surface area contributed by atoms with Crippen molar-refractivity contribution in [2.75, 3.05) is 10.4 Å². The quantitative estimate of drug-likeness (QED) is 0.578. The first kappa shape index (κ1) is 15.1. The molecule has 3 amide bonds. The Morgan fingerprint density at radius 2 is 1.90 bits per heavy atom. The third-order valence-corrected chi connectivity index (χ3v) is 3.05. The van der Waals surface area contributed by atoms with E-state index in [0.29, 0.717) is 11.0 Å². The van der Waals surface area contributed by atoms with Crippen molar-refractivity contribution in [2.45, 2.75) is 25.6 Å². The zero-order valence-electron chi connectivity index (χ0n) is 11.1. The Balaban J connectivity index is 2.52. The number of imide groups is 1. The van der Waals surface area contributed by atoms with Gasteiger partial charge >= 0.3 is 12.2 Å². The number of hydrogen-bond donors (Lipinski definition) is 3. The van der Waals surface area contributed by atoms with Crippen LogP contribution in [0.5, 0.6) is 0 Å². The van der Waals surface area contributed by atoms with E-state index in [1.165, 1.54) is 19.3 Å². The molecular formula is C12H12F3N3O3. The first-order chi connectivity index (χ1) is 9.58. The van der Waals surface area contributed by atoms with E-state index in [1.54, 1.807) is 0 Å². The highest BCUT2D eigenvalue weighted by Crippen LogP contribution is 2.38. The van der Waals surface area contributed by atoms with E-state index in [2.05, 4.69) is 5.32 Å². The van der Waals surface area contributed by atoms with Gasteiger partial charge in [-0.1, -0.05) is 0 Å². The summed E-state index contributed by atoms with van der Waals surface area (Å²) < 4.78 is 38.7. The molecule has 0 saturated carbocycles. The average molecular weight is 303 g/mol.